The molecule has 2 aromatic carbocycles. The van der Waals surface area contributed by atoms with Gasteiger partial charge in [0.25, 0.3) is 5.91 Å². The quantitative estimate of drug-likeness (QED) is 0.116. The minimum atomic E-state index is -0.706. The Bertz CT molecular complexity index is 1200. The number of ether oxygens (including phenoxy) is 2. The van der Waals surface area contributed by atoms with E-state index in [4.69, 9.17) is 9.47 Å². The monoisotopic (exact) mass is 589 g/mol. The number of carbonyl (C=O) groups excluding carboxylic acids is 2. The Morgan fingerprint density at radius 2 is 1.35 bits per heavy atom. The first-order valence-corrected chi connectivity index (χ1v) is 16.2. The predicted octanol–water partition coefficient (Wildman–Crippen LogP) is 9.16. The van der Waals surface area contributed by atoms with Crippen LogP contribution in [-0.2, 0) is 9.59 Å². The van der Waals surface area contributed by atoms with Crippen LogP contribution in [0.25, 0.3) is 6.08 Å². The summed E-state index contributed by atoms with van der Waals surface area (Å²) < 4.78 is 10.9. The van der Waals surface area contributed by atoms with Gasteiger partial charge in [-0.25, -0.2) is 0 Å². The van der Waals surface area contributed by atoms with Crippen molar-refractivity contribution >= 4 is 17.8 Å². The summed E-state index contributed by atoms with van der Waals surface area (Å²) in [7, 11) is 3.11. The molecular weight excluding hydrogens is 538 g/mol. The maximum atomic E-state index is 13.4. The van der Waals surface area contributed by atoms with Crippen molar-refractivity contribution < 1.29 is 24.2 Å². The summed E-state index contributed by atoms with van der Waals surface area (Å²) in [6, 6.07) is 14.1. The van der Waals surface area contributed by atoms with E-state index in [1.54, 1.807) is 37.3 Å². The molecule has 1 aliphatic heterocycles. The van der Waals surface area contributed by atoms with Crippen molar-refractivity contribution in [2.45, 2.75) is 103 Å². The highest BCUT2D eigenvalue weighted by Gasteiger charge is 2.42. The second-order valence-corrected chi connectivity index (χ2v) is 11.5. The third-order valence-corrected chi connectivity index (χ3v) is 8.27. The van der Waals surface area contributed by atoms with Gasteiger partial charge in [-0.3, -0.25) is 9.59 Å². The summed E-state index contributed by atoms with van der Waals surface area (Å²) >= 11 is 0. The molecule has 0 fully saturated rings. The Balaban J connectivity index is 1.58. The van der Waals surface area contributed by atoms with Crippen LogP contribution in [0.15, 0.2) is 65.9 Å². The van der Waals surface area contributed by atoms with Crippen molar-refractivity contribution in [1.29, 1.82) is 0 Å². The Morgan fingerprint density at radius 3 is 1.91 bits per heavy atom. The molecule has 0 saturated carbocycles. The fourth-order valence-corrected chi connectivity index (χ4v) is 5.81. The first kappa shape index (κ1) is 34.0. The fraction of sp³-hybridized carbons (Fsp3) is 0.514. The molecule has 3 rings (SSSR count). The van der Waals surface area contributed by atoms with Crippen molar-refractivity contribution in [3.8, 4) is 11.5 Å². The van der Waals surface area contributed by atoms with E-state index in [0.29, 0.717) is 23.6 Å². The zero-order valence-corrected chi connectivity index (χ0v) is 26.5. The maximum absolute atomic E-state index is 13.4. The molecule has 1 atom stereocenters. The minimum Gasteiger partial charge on any atom is -0.503 e. The average molecular weight is 590 g/mol. The van der Waals surface area contributed by atoms with Gasteiger partial charge in [0.2, 0.25) is 0 Å². The first-order chi connectivity index (χ1) is 21.0. The van der Waals surface area contributed by atoms with Crippen LogP contribution in [0.3, 0.4) is 0 Å². The van der Waals surface area contributed by atoms with Gasteiger partial charge in [0.05, 0.1) is 25.8 Å². The molecule has 1 amide bonds. The molecule has 6 heteroatoms. The lowest BCUT2D eigenvalue weighted by Gasteiger charge is -2.27. The van der Waals surface area contributed by atoms with Gasteiger partial charge in [-0.1, -0.05) is 133 Å². The Kier molecular flexibility index (Phi) is 14.9. The lowest BCUT2D eigenvalue weighted by atomic mass is 9.95. The van der Waals surface area contributed by atoms with Crippen molar-refractivity contribution in [2.24, 2.45) is 0 Å². The van der Waals surface area contributed by atoms with E-state index in [2.05, 4.69) is 6.92 Å². The van der Waals surface area contributed by atoms with E-state index in [9.17, 15) is 14.7 Å². The van der Waals surface area contributed by atoms with Crippen LogP contribution in [0.1, 0.15) is 114 Å². The number of hydrogen-bond donors (Lipinski definition) is 1. The number of methoxy groups -OCH3 is 2. The lowest BCUT2D eigenvalue weighted by molar-refractivity contribution is -0.129. The Hall–Kier alpha value is -3.54. The van der Waals surface area contributed by atoms with E-state index in [0.717, 1.165) is 24.8 Å². The van der Waals surface area contributed by atoms with Crippen LogP contribution in [0.4, 0.5) is 0 Å². The number of benzene rings is 2. The molecule has 1 unspecified atom stereocenters. The number of amides is 1. The number of allylic oxidation sites excluding steroid dienone is 1. The molecule has 43 heavy (non-hydrogen) atoms. The third-order valence-electron chi connectivity index (χ3n) is 8.27. The minimum absolute atomic E-state index is 0.0924. The van der Waals surface area contributed by atoms with Gasteiger partial charge >= 0.3 is 0 Å². The van der Waals surface area contributed by atoms with Crippen LogP contribution in [-0.4, -0.2) is 42.5 Å². The van der Waals surface area contributed by atoms with Crippen LogP contribution < -0.4 is 9.47 Å². The summed E-state index contributed by atoms with van der Waals surface area (Å²) in [5, 5.41) is 10.9. The molecule has 1 N–H and O–H groups in total. The molecule has 1 aliphatic rings. The largest absolute Gasteiger partial charge is 0.503 e. The van der Waals surface area contributed by atoms with Crippen molar-refractivity contribution in [1.82, 2.24) is 4.90 Å². The number of rotatable bonds is 21. The predicted molar refractivity (Wildman–Crippen MR) is 174 cm³/mol. The van der Waals surface area contributed by atoms with Gasteiger partial charge in [0, 0.05) is 6.54 Å². The standard InChI is InChI=1S/C37H51NO5/c1-4-5-6-7-8-9-10-11-12-13-14-15-16-20-27-38-35(30-24-26-32(42-2)33(28-30)43-3)34(36(40)37(38)41)31(39)25-23-29-21-18-17-19-22-29/h17-19,21-26,28,35,40H,4-16,20,27H2,1-3H3/b25-23+. The molecule has 6 nitrogen and oxygen atoms in total. The van der Waals surface area contributed by atoms with Crippen LogP contribution in [0, 0.1) is 0 Å². The van der Waals surface area contributed by atoms with Crippen molar-refractivity contribution in [3.63, 3.8) is 0 Å². The number of hydrogen-bond acceptors (Lipinski definition) is 5. The highest BCUT2D eigenvalue weighted by atomic mass is 16.5. The topological polar surface area (TPSA) is 76.1 Å². The number of carbonyl (C=O) groups is 2. The first-order valence-electron chi connectivity index (χ1n) is 16.2. The molecule has 0 bridgehead atoms. The van der Waals surface area contributed by atoms with Crippen LogP contribution >= 0.6 is 0 Å². The number of unbranched alkanes of at least 4 members (excludes halogenated alkanes) is 13. The number of aliphatic hydroxyl groups is 1. The van der Waals surface area contributed by atoms with E-state index >= 15 is 0 Å². The molecule has 0 aliphatic carbocycles. The molecule has 0 radical (unpaired) electrons. The molecule has 0 saturated heterocycles. The lowest BCUT2D eigenvalue weighted by Crippen LogP contribution is -2.32. The summed E-state index contributed by atoms with van der Waals surface area (Å²) in [5.74, 6) is -0.321. The summed E-state index contributed by atoms with van der Waals surface area (Å²) in [6.45, 7) is 2.72. The van der Waals surface area contributed by atoms with Crippen molar-refractivity contribution in [2.75, 3.05) is 20.8 Å². The molecular formula is C37H51NO5. The second-order valence-electron chi connectivity index (χ2n) is 11.5. The van der Waals surface area contributed by atoms with Gasteiger partial charge in [-0.15, -0.1) is 0 Å². The molecule has 0 spiro atoms. The normalized spacial score (nSPS) is 15.1. The smallest absolute Gasteiger partial charge is 0.290 e. The average Bonchev–Trinajstić information content (AvgIpc) is 3.29. The van der Waals surface area contributed by atoms with Crippen LogP contribution in [0.5, 0.6) is 11.5 Å². The summed E-state index contributed by atoms with van der Waals surface area (Å²) in [6.07, 6.45) is 20.6. The summed E-state index contributed by atoms with van der Waals surface area (Å²) in [4.78, 5) is 28.4. The van der Waals surface area contributed by atoms with Gasteiger partial charge < -0.3 is 19.5 Å². The highest BCUT2D eigenvalue weighted by molar-refractivity contribution is 6.14. The van der Waals surface area contributed by atoms with E-state index in [-0.39, 0.29) is 5.57 Å². The summed E-state index contributed by atoms with van der Waals surface area (Å²) in [5.41, 5.74) is 1.65. The number of ketones is 1. The van der Waals surface area contributed by atoms with E-state index in [1.807, 2.05) is 36.4 Å². The number of nitrogens with zero attached hydrogens (tertiary/aromatic N) is 1. The van der Waals surface area contributed by atoms with Gasteiger partial charge in [-0.05, 0) is 35.8 Å². The molecule has 0 aromatic heterocycles. The van der Waals surface area contributed by atoms with Crippen molar-refractivity contribution in [3.05, 3.63) is 77.1 Å². The van der Waals surface area contributed by atoms with Gasteiger partial charge in [0.1, 0.15) is 0 Å². The highest BCUT2D eigenvalue weighted by Crippen LogP contribution is 2.41. The fourth-order valence-electron chi connectivity index (χ4n) is 5.81. The van der Waals surface area contributed by atoms with Gasteiger partial charge in [-0.2, -0.15) is 0 Å². The number of aliphatic hydroxyl groups excluding tert-OH is 1. The van der Waals surface area contributed by atoms with Crippen LogP contribution in [0.2, 0.25) is 0 Å². The van der Waals surface area contributed by atoms with E-state index < -0.39 is 23.5 Å². The third kappa shape index (κ3) is 10.3. The Morgan fingerprint density at radius 1 is 0.791 bits per heavy atom. The SMILES string of the molecule is CCCCCCCCCCCCCCCCN1C(=O)C(O)=C(C(=O)/C=C/c2ccccc2)C1c1ccc(OC)c(OC)c1. The Labute approximate surface area is 258 Å². The molecule has 234 valence electrons. The molecule has 2 aromatic rings. The molecule has 1 heterocycles. The second kappa shape index (κ2) is 18.9. The zero-order valence-electron chi connectivity index (χ0n) is 26.5. The van der Waals surface area contributed by atoms with Gasteiger partial charge in [0.15, 0.2) is 23.0 Å². The zero-order chi connectivity index (χ0) is 30.9. The van der Waals surface area contributed by atoms with E-state index in [1.165, 1.54) is 76.7 Å². The maximum Gasteiger partial charge on any atom is 0.290 e.